The van der Waals surface area contributed by atoms with Crippen molar-refractivity contribution in [3.05, 3.63) is 16.7 Å². The van der Waals surface area contributed by atoms with Crippen LogP contribution in [0, 0.1) is 11.8 Å². The summed E-state index contributed by atoms with van der Waals surface area (Å²) in [7, 11) is 3.69. The second-order valence-electron chi connectivity index (χ2n) is 5.83. The van der Waals surface area contributed by atoms with E-state index in [1.165, 1.54) is 10.9 Å². The van der Waals surface area contributed by atoms with Crippen LogP contribution in [0.5, 0.6) is 0 Å². The summed E-state index contributed by atoms with van der Waals surface area (Å²) in [5.74, 6) is 6.74. The molecule has 3 rings (SSSR count). The highest BCUT2D eigenvalue weighted by atomic mass is 16.1. The van der Waals surface area contributed by atoms with Gasteiger partial charge in [-0.25, -0.2) is 4.98 Å². The second kappa shape index (κ2) is 6.42. The number of likely N-dealkylation sites (N-methyl/N-ethyl adjacent to an activating group) is 1. The predicted octanol–water partition coefficient (Wildman–Crippen LogP) is 0.342. The van der Waals surface area contributed by atoms with E-state index in [9.17, 15) is 4.79 Å². The Hall–Kier alpha value is -2.33. The number of rotatable bonds is 3. The summed E-state index contributed by atoms with van der Waals surface area (Å²) >= 11 is 0. The molecule has 0 bridgehead atoms. The number of nitrogens with zero attached hydrogens (tertiary/aromatic N) is 5. The van der Waals surface area contributed by atoms with Gasteiger partial charge in [-0.05, 0) is 26.8 Å². The maximum Gasteiger partial charge on any atom is 0.279 e. The van der Waals surface area contributed by atoms with Gasteiger partial charge in [0.15, 0.2) is 11.2 Å². The molecule has 1 aliphatic heterocycles. The van der Waals surface area contributed by atoms with Crippen LogP contribution in [-0.4, -0.2) is 45.3 Å². The molecular formula is C16H22N6O. The average molecular weight is 314 g/mol. The highest BCUT2D eigenvalue weighted by Crippen LogP contribution is 2.22. The van der Waals surface area contributed by atoms with Gasteiger partial charge in [-0.2, -0.15) is 4.98 Å². The molecule has 7 nitrogen and oxygen atoms in total. The normalized spacial score (nSPS) is 18.0. The highest BCUT2D eigenvalue weighted by Gasteiger charge is 2.25. The van der Waals surface area contributed by atoms with Crippen molar-refractivity contribution in [1.82, 2.24) is 24.4 Å². The lowest BCUT2D eigenvalue weighted by atomic mass is 10.1. The van der Waals surface area contributed by atoms with Gasteiger partial charge in [0, 0.05) is 26.2 Å². The van der Waals surface area contributed by atoms with Gasteiger partial charge < -0.3 is 14.8 Å². The molecule has 23 heavy (non-hydrogen) atoms. The van der Waals surface area contributed by atoms with Gasteiger partial charge >= 0.3 is 0 Å². The highest BCUT2D eigenvalue weighted by molar-refractivity contribution is 5.74. The number of imidazole rings is 1. The van der Waals surface area contributed by atoms with Crippen molar-refractivity contribution in [2.45, 2.75) is 32.4 Å². The van der Waals surface area contributed by atoms with Crippen LogP contribution < -0.4 is 15.8 Å². The van der Waals surface area contributed by atoms with Gasteiger partial charge in [0.25, 0.3) is 5.56 Å². The summed E-state index contributed by atoms with van der Waals surface area (Å²) in [5, 5.41) is 3.33. The molecular weight excluding hydrogens is 292 g/mol. The molecule has 0 saturated carbocycles. The zero-order valence-electron chi connectivity index (χ0n) is 13.8. The molecule has 1 unspecified atom stereocenters. The van der Waals surface area contributed by atoms with Crippen molar-refractivity contribution in [2.24, 2.45) is 7.05 Å². The summed E-state index contributed by atoms with van der Waals surface area (Å²) in [4.78, 5) is 23.7. The number of hydrogen-bond donors (Lipinski definition) is 1. The molecule has 2 aromatic rings. The largest absolute Gasteiger partial charge is 0.341 e. The predicted molar refractivity (Wildman–Crippen MR) is 90.5 cm³/mol. The average Bonchev–Trinajstić information content (AvgIpc) is 2.95. The van der Waals surface area contributed by atoms with E-state index in [-0.39, 0.29) is 5.56 Å². The van der Waals surface area contributed by atoms with Gasteiger partial charge in [0.2, 0.25) is 5.95 Å². The van der Waals surface area contributed by atoms with Crippen LogP contribution in [0.4, 0.5) is 5.95 Å². The molecule has 0 spiro atoms. The Bertz CT molecular complexity index is 825. The van der Waals surface area contributed by atoms with Crippen molar-refractivity contribution in [1.29, 1.82) is 0 Å². The van der Waals surface area contributed by atoms with E-state index in [0.29, 0.717) is 23.8 Å². The maximum atomic E-state index is 12.5. The van der Waals surface area contributed by atoms with E-state index >= 15 is 0 Å². The molecule has 1 atom stereocenters. The van der Waals surface area contributed by atoms with Crippen molar-refractivity contribution in [3.8, 4) is 11.8 Å². The number of nitrogens with one attached hydrogen (secondary N) is 1. The smallest absolute Gasteiger partial charge is 0.279 e. The quantitative estimate of drug-likeness (QED) is 0.828. The number of aryl methyl sites for hydroxylation is 1. The number of hydrogen-bond acceptors (Lipinski definition) is 5. The standard InChI is InChI=1S/C16H22N6O/c1-4-5-9-22-13-14(18-11-20(3)15(13)23)19-16(22)21-8-6-7-12(10-21)17-2/h11-12,17H,6-10H2,1-3H3. The van der Waals surface area contributed by atoms with Crippen LogP contribution in [0.3, 0.4) is 0 Å². The van der Waals surface area contributed by atoms with Gasteiger partial charge in [-0.1, -0.05) is 5.92 Å². The number of piperidine rings is 1. The summed E-state index contributed by atoms with van der Waals surface area (Å²) in [6, 6.07) is 0.435. The summed E-state index contributed by atoms with van der Waals surface area (Å²) in [5.41, 5.74) is 0.931. The van der Waals surface area contributed by atoms with Crippen LogP contribution in [0.1, 0.15) is 19.8 Å². The maximum absolute atomic E-state index is 12.5. The molecule has 1 N–H and O–H groups in total. The van der Waals surface area contributed by atoms with Gasteiger partial charge in [0.1, 0.15) is 0 Å². The minimum absolute atomic E-state index is 0.0890. The molecule has 1 fully saturated rings. The summed E-state index contributed by atoms with van der Waals surface area (Å²) in [6.07, 6.45) is 3.77. The van der Waals surface area contributed by atoms with Crippen molar-refractivity contribution in [3.63, 3.8) is 0 Å². The number of fused-ring (bicyclic) bond motifs is 1. The minimum Gasteiger partial charge on any atom is -0.341 e. The van der Waals surface area contributed by atoms with Crippen molar-refractivity contribution < 1.29 is 0 Å². The number of aromatic nitrogens is 4. The molecule has 1 aliphatic rings. The van der Waals surface area contributed by atoms with Crippen molar-refractivity contribution >= 4 is 17.1 Å². The first-order valence-corrected chi connectivity index (χ1v) is 7.89. The monoisotopic (exact) mass is 314 g/mol. The van der Waals surface area contributed by atoms with E-state index in [0.717, 1.165) is 31.9 Å². The summed E-state index contributed by atoms with van der Waals surface area (Å²) in [6.45, 7) is 4.05. The molecule has 0 aliphatic carbocycles. The van der Waals surface area contributed by atoms with Crippen LogP contribution >= 0.6 is 0 Å². The summed E-state index contributed by atoms with van der Waals surface area (Å²) < 4.78 is 3.38. The Morgan fingerprint density at radius 1 is 1.48 bits per heavy atom. The molecule has 3 heterocycles. The Labute approximate surface area is 135 Å². The minimum atomic E-state index is -0.0890. The van der Waals surface area contributed by atoms with E-state index in [1.54, 1.807) is 14.0 Å². The lowest BCUT2D eigenvalue weighted by Gasteiger charge is -2.33. The first-order chi connectivity index (χ1) is 11.2. The topological polar surface area (TPSA) is 68.0 Å². The SMILES string of the molecule is CC#CCn1c(N2CCCC(NC)C2)nc2ncn(C)c(=O)c21. The Morgan fingerprint density at radius 2 is 2.30 bits per heavy atom. The third-order valence-electron chi connectivity index (χ3n) is 4.33. The fourth-order valence-corrected chi connectivity index (χ4v) is 3.03. The fraction of sp³-hybridized carbons (Fsp3) is 0.562. The van der Waals surface area contributed by atoms with Crippen LogP contribution in [0.2, 0.25) is 0 Å². The van der Waals surface area contributed by atoms with Gasteiger partial charge in [0.05, 0.1) is 12.9 Å². The van der Waals surface area contributed by atoms with Crippen LogP contribution in [0.25, 0.3) is 11.2 Å². The second-order valence-corrected chi connectivity index (χ2v) is 5.83. The molecule has 0 aromatic carbocycles. The van der Waals surface area contributed by atoms with E-state index in [1.807, 2.05) is 11.6 Å². The third kappa shape index (κ3) is 2.82. The van der Waals surface area contributed by atoms with E-state index < -0.39 is 0 Å². The molecule has 0 amide bonds. The zero-order chi connectivity index (χ0) is 16.4. The van der Waals surface area contributed by atoms with Gasteiger partial charge in [-0.3, -0.25) is 9.36 Å². The van der Waals surface area contributed by atoms with E-state index in [4.69, 9.17) is 0 Å². The lowest BCUT2D eigenvalue weighted by molar-refractivity contribution is 0.443. The lowest BCUT2D eigenvalue weighted by Crippen LogP contribution is -2.45. The third-order valence-corrected chi connectivity index (χ3v) is 4.33. The van der Waals surface area contributed by atoms with Gasteiger partial charge in [-0.15, -0.1) is 5.92 Å². The number of anilines is 1. The Morgan fingerprint density at radius 3 is 3.04 bits per heavy atom. The zero-order valence-corrected chi connectivity index (χ0v) is 13.8. The molecule has 122 valence electrons. The molecule has 0 radical (unpaired) electrons. The molecule has 2 aromatic heterocycles. The Balaban J connectivity index is 2.13. The molecule has 1 saturated heterocycles. The molecule has 7 heteroatoms. The van der Waals surface area contributed by atoms with Crippen LogP contribution in [0.15, 0.2) is 11.1 Å². The Kier molecular flexibility index (Phi) is 4.35. The fourth-order valence-electron chi connectivity index (χ4n) is 3.03. The van der Waals surface area contributed by atoms with Crippen molar-refractivity contribution in [2.75, 3.05) is 25.0 Å². The first kappa shape index (κ1) is 15.6. The van der Waals surface area contributed by atoms with E-state index in [2.05, 4.69) is 32.0 Å². The van der Waals surface area contributed by atoms with Crippen LogP contribution in [-0.2, 0) is 13.6 Å². The first-order valence-electron chi connectivity index (χ1n) is 7.89.